The summed E-state index contributed by atoms with van der Waals surface area (Å²) in [5.74, 6) is 1.78. The second-order valence-electron chi connectivity index (χ2n) is 15.8. The molecule has 0 radical (unpaired) electrons. The van der Waals surface area contributed by atoms with Crippen molar-refractivity contribution in [3.63, 3.8) is 0 Å². The van der Waals surface area contributed by atoms with Crippen molar-refractivity contribution < 1.29 is 4.74 Å². The number of para-hydroxylation sites is 5. The van der Waals surface area contributed by atoms with Crippen molar-refractivity contribution >= 4 is 85.8 Å². The Morgan fingerprint density at radius 1 is 0.483 bits per heavy atom. The molecule has 0 aromatic heterocycles. The Bertz CT molecular complexity index is 3130. The van der Waals surface area contributed by atoms with Gasteiger partial charge < -0.3 is 19.3 Å². The number of hydrogen-bond donors (Lipinski definition) is 0. The first-order valence-corrected chi connectivity index (χ1v) is 21.4. The number of nitrogens with zero attached hydrogens (tertiary/aromatic N) is 3. The van der Waals surface area contributed by atoms with Gasteiger partial charge in [0, 0.05) is 51.1 Å². The summed E-state index contributed by atoms with van der Waals surface area (Å²) in [5, 5.41) is 2.44. The van der Waals surface area contributed by atoms with E-state index in [0.29, 0.717) is 0 Å². The summed E-state index contributed by atoms with van der Waals surface area (Å²) in [6, 6.07) is 70.6. The lowest BCUT2D eigenvalue weighted by Gasteiger charge is -2.47. The zero-order valence-electron chi connectivity index (χ0n) is 33.2. The highest BCUT2D eigenvalue weighted by Gasteiger charge is 2.47. The van der Waals surface area contributed by atoms with E-state index in [1.165, 1.54) is 72.4 Å². The fraction of sp³-hybridized carbons (Fsp3) is 0.0370. The van der Waals surface area contributed by atoms with Gasteiger partial charge in [0.25, 0.3) is 0 Å². The van der Waals surface area contributed by atoms with Crippen LogP contribution in [0.1, 0.15) is 11.1 Å². The minimum atomic E-state index is -0.170. The van der Waals surface area contributed by atoms with E-state index < -0.39 is 0 Å². The Hall–Kier alpha value is -7.15. The van der Waals surface area contributed by atoms with Gasteiger partial charge in [-0.2, -0.15) is 0 Å². The lowest BCUT2D eigenvalue weighted by Crippen LogP contribution is -2.61. The van der Waals surface area contributed by atoms with Crippen LogP contribution in [0.2, 0.25) is 0 Å². The maximum Gasteiger partial charge on any atom is 0.333 e. The maximum absolute atomic E-state index is 6.77. The fourth-order valence-electron chi connectivity index (χ4n) is 9.64. The lowest BCUT2D eigenvalue weighted by atomic mass is 9.43. The van der Waals surface area contributed by atoms with Crippen LogP contribution in [0.15, 0.2) is 204 Å². The zero-order chi connectivity index (χ0) is 39.9. The molecule has 0 saturated carbocycles. The highest BCUT2D eigenvalue weighted by molar-refractivity contribution is 7.99. The Kier molecular flexibility index (Phi) is 7.97. The van der Waals surface area contributed by atoms with Gasteiger partial charge in [0.1, 0.15) is 11.5 Å². The summed E-state index contributed by atoms with van der Waals surface area (Å²) in [5.41, 5.74) is 16.6. The first-order valence-electron chi connectivity index (χ1n) is 20.5. The van der Waals surface area contributed by atoms with Crippen molar-refractivity contribution in [1.82, 2.24) is 0 Å². The van der Waals surface area contributed by atoms with E-state index in [1.807, 2.05) is 0 Å². The van der Waals surface area contributed by atoms with Gasteiger partial charge >= 0.3 is 6.85 Å². The number of anilines is 8. The van der Waals surface area contributed by atoms with Gasteiger partial charge in [-0.15, -0.1) is 0 Å². The van der Waals surface area contributed by atoms with Crippen molar-refractivity contribution in [1.29, 1.82) is 0 Å². The molecule has 3 heterocycles. The van der Waals surface area contributed by atoms with E-state index in [-0.39, 0.29) is 6.85 Å². The molecular weight excluding hydrogens is 749 g/mol. The van der Waals surface area contributed by atoms with Gasteiger partial charge in [0.2, 0.25) is 0 Å². The molecule has 60 heavy (non-hydrogen) atoms. The summed E-state index contributed by atoms with van der Waals surface area (Å²) in [6.07, 6.45) is 0. The molecule has 0 saturated heterocycles. The van der Waals surface area contributed by atoms with Crippen molar-refractivity contribution in [2.75, 3.05) is 14.6 Å². The first kappa shape index (κ1) is 34.9. The minimum absolute atomic E-state index is 0.170. The van der Waals surface area contributed by atoms with Crippen molar-refractivity contribution in [2.24, 2.45) is 0 Å². The van der Waals surface area contributed by atoms with E-state index in [0.717, 1.165) is 38.4 Å². The number of rotatable bonds is 5. The van der Waals surface area contributed by atoms with Gasteiger partial charge in [-0.3, -0.25) is 0 Å². The van der Waals surface area contributed by atoms with E-state index in [1.54, 1.807) is 11.8 Å². The van der Waals surface area contributed by atoms with Crippen LogP contribution in [0.4, 0.5) is 45.5 Å². The first-order chi connectivity index (χ1) is 29.6. The standard InChI is InChI=1S/C54H38BN3OS/c1-35-17-9-13-25-44(35)57-46-30-29-40(56(38-20-5-3-6-21-38)39-22-7-4-8-23-39)32-43(46)55-54-48(57)31-37-19-11-12-24-41(37)53(54)42-33-50-52(60-51-28-16-15-27-49(51)59-50)34-47(42)58(55)45-26-14-10-18-36(45)2/h3-34H,1-2H3. The van der Waals surface area contributed by atoms with E-state index in [9.17, 15) is 0 Å². The minimum Gasteiger partial charge on any atom is -0.455 e. The SMILES string of the molecule is Cc1ccccc1N1B2c3cc(N(c4ccccc4)c4ccccc4)ccc3N(c3ccccc3C)c3cc4ccccc4c(c32)-c2cc3c(cc21)Sc1ccccc1O3. The van der Waals surface area contributed by atoms with Crippen LogP contribution in [-0.4, -0.2) is 6.85 Å². The largest absolute Gasteiger partial charge is 0.455 e. The monoisotopic (exact) mass is 787 g/mol. The molecule has 9 aromatic carbocycles. The van der Waals surface area contributed by atoms with Crippen LogP contribution < -0.4 is 30.3 Å². The van der Waals surface area contributed by atoms with Crippen molar-refractivity contribution in [2.45, 2.75) is 23.6 Å². The number of ether oxygens (including phenoxy) is 1. The van der Waals surface area contributed by atoms with Crippen LogP contribution in [-0.2, 0) is 0 Å². The summed E-state index contributed by atoms with van der Waals surface area (Å²) in [4.78, 5) is 9.76. The molecular formula is C54H38BN3OS. The third kappa shape index (κ3) is 5.34. The van der Waals surface area contributed by atoms with E-state index in [2.05, 4.69) is 223 Å². The number of aryl methyl sites for hydroxylation is 2. The fourth-order valence-corrected chi connectivity index (χ4v) is 10.6. The van der Waals surface area contributed by atoms with Crippen LogP contribution in [0.5, 0.6) is 11.5 Å². The Morgan fingerprint density at radius 3 is 1.88 bits per heavy atom. The lowest BCUT2D eigenvalue weighted by molar-refractivity contribution is 0.455. The zero-order valence-corrected chi connectivity index (χ0v) is 34.0. The van der Waals surface area contributed by atoms with Crippen LogP contribution in [0.3, 0.4) is 0 Å². The molecule has 0 bridgehead atoms. The Balaban J connectivity index is 1.21. The Morgan fingerprint density at radius 2 is 1.13 bits per heavy atom. The summed E-state index contributed by atoms with van der Waals surface area (Å²) in [7, 11) is 0. The van der Waals surface area contributed by atoms with E-state index >= 15 is 0 Å². The van der Waals surface area contributed by atoms with Crippen LogP contribution >= 0.6 is 11.8 Å². The molecule has 284 valence electrons. The van der Waals surface area contributed by atoms with Gasteiger partial charge in [-0.1, -0.05) is 121 Å². The molecule has 6 heteroatoms. The van der Waals surface area contributed by atoms with Gasteiger partial charge in [-0.05, 0) is 137 Å². The third-order valence-electron chi connectivity index (χ3n) is 12.3. The van der Waals surface area contributed by atoms with Gasteiger partial charge in [0.05, 0.1) is 9.79 Å². The third-order valence-corrected chi connectivity index (χ3v) is 13.4. The highest BCUT2D eigenvalue weighted by Crippen LogP contribution is 2.55. The topological polar surface area (TPSA) is 19.0 Å². The molecule has 12 rings (SSSR count). The molecule has 3 aliphatic heterocycles. The van der Waals surface area contributed by atoms with Crippen LogP contribution in [0, 0.1) is 13.8 Å². The molecule has 0 aliphatic carbocycles. The average Bonchev–Trinajstić information content (AvgIpc) is 3.29. The molecule has 0 unspecified atom stereocenters. The van der Waals surface area contributed by atoms with Crippen molar-refractivity contribution in [3.8, 4) is 22.6 Å². The van der Waals surface area contributed by atoms with Gasteiger partial charge in [0.15, 0.2) is 0 Å². The molecule has 0 fully saturated rings. The predicted octanol–water partition coefficient (Wildman–Crippen LogP) is 13.9. The Labute approximate surface area is 355 Å². The number of fused-ring (bicyclic) bond motifs is 8. The molecule has 0 spiro atoms. The van der Waals surface area contributed by atoms with Crippen LogP contribution in [0.25, 0.3) is 21.9 Å². The average molecular weight is 788 g/mol. The summed E-state index contributed by atoms with van der Waals surface area (Å²) >= 11 is 1.79. The predicted molar refractivity (Wildman–Crippen MR) is 252 cm³/mol. The second kappa shape index (κ2) is 13.7. The van der Waals surface area contributed by atoms with E-state index in [4.69, 9.17) is 4.74 Å². The molecule has 0 atom stereocenters. The molecule has 9 aromatic rings. The summed E-state index contributed by atoms with van der Waals surface area (Å²) in [6.45, 7) is 4.30. The normalized spacial score (nSPS) is 13.1. The molecule has 0 N–H and O–H groups in total. The molecule has 4 nitrogen and oxygen atoms in total. The number of hydrogen-bond acceptors (Lipinski definition) is 5. The smallest absolute Gasteiger partial charge is 0.333 e. The number of benzene rings is 9. The second-order valence-corrected chi connectivity index (χ2v) is 16.9. The van der Waals surface area contributed by atoms with Gasteiger partial charge in [-0.25, -0.2) is 0 Å². The quantitative estimate of drug-likeness (QED) is 0.161. The molecule has 3 aliphatic rings. The maximum atomic E-state index is 6.77. The van der Waals surface area contributed by atoms with Crippen molar-refractivity contribution in [3.05, 3.63) is 205 Å². The summed E-state index contributed by atoms with van der Waals surface area (Å²) < 4.78 is 6.77. The highest BCUT2D eigenvalue weighted by atomic mass is 32.2. The molecule has 0 amide bonds.